The molecule has 0 bridgehead atoms. The van der Waals surface area contributed by atoms with Crippen molar-refractivity contribution >= 4 is 0 Å². The number of rotatable bonds is 1. The molecule has 2 aromatic carbocycles. The summed E-state index contributed by atoms with van der Waals surface area (Å²) < 4.78 is 53.8. The molecule has 0 aliphatic rings. The molecule has 0 saturated carbocycles. The first-order valence-electron chi connectivity index (χ1n) is 6.94. The number of benzene rings is 2. The maximum atomic E-state index is 13.7. The molecule has 0 amide bonds. The summed E-state index contributed by atoms with van der Waals surface area (Å²) in [7, 11) is 0. The maximum absolute atomic E-state index is 13.7. The van der Waals surface area contributed by atoms with Gasteiger partial charge < -0.3 is 0 Å². The van der Waals surface area contributed by atoms with Gasteiger partial charge in [0.1, 0.15) is 0 Å². The van der Waals surface area contributed by atoms with Crippen molar-refractivity contribution < 1.29 is 17.6 Å². The van der Waals surface area contributed by atoms with E-state index in [1.807, 2.05) is 30.3 Å². The van der Waals surface area contributed by atoms with E-state index in [0.29, 0.717) is 5.56 Å². The highest BCUT2D eigenvalue weighted by Crippen LogP contribution is 2.28. The van der Waals surface area contributed by atoms with Gasteiger partial charge >= 0.3 is 0 Å². The van der Waals surface area contributed by atoms with Crippen molar-refractivity contribution in [1.82, 2.24) is 4.98 Å². The highest BCUT2D eigenvalue weighted by atomic mass is 19.2. The normalized spacial score (nSPS) is 10.2. The topological polar surface area (TPSA) is 12.9 Å². The van der Waals surface area contributed by atoms with Crippen molar-refractivity contribution in [2.45, 2.75) is 0 Å². The van der Waals surface area contributed by atoms with Crippen LogP contribution in [0.15, 0.2) is 54.6 Å². The Bertz CT molecular complexity index is 913. The lowest BCUT2D eigenvalue weighted by Crippen LogP contribution is -2.02. The van der Waals surface area contributed by atoms with Crippen LogP contribution in [0.25, 0.3) is 11.1 Å². The molecule has 0 atom stereocenters. The molecule has 0 aliphatic carbocycles. The molecule has 0 unspecified atom stereocenters. The summed E-state index contributed by atoms with van der Waals surface area (Å²) in [4.78, 5) is 2.53. The molecule has 0 radical (unpaired) electrons. The highest BCUT2D eigenvalue weighted by Gasteiger charge is 2.21. The van der Waals surface area contributed by atoms with Crippen LogP contribution in [-0.2, 0) is 0 Å². The zero-order valence-corrected chi connectivity index (χ0v) is 12.2. The molecule has 24 heavy (non-hydrogen) atoms. The number of nitrogens with zero attached hydrogens (tertiary/aromatic N) is 1. The fraction of sp³-hybridized carbons (Fsp3) is 0. The maximum Gasteiger partial charge on any atom is 0.252 e. The Balaban J connectivity index is 1.96. The Morgan fingerprint density at radius 1 is 0.625 bits per heavy atom. The summed E-state index contributed by atoms with van der Waals surface area (Å²) >= 11 is 0. The molecule has 1 nitrogen and oxygen atoms in total. The van der Waals surface area contributed by atoms with Crippen LogP contribution in [0.2, 0.25) is 0 Å². The molecular formula is C19H9F4N. The van der Waals surface area contributed by atoms with Crippen molar-refractivity contribution in [2.75, 3.05) is 0 Å². The molecule has 1 heterocycles. The highest BCUT2D eigenvalue weighted by molar-refractivity contribution is 5.65. The monoisotopic (exact) mass is 327 g/mol. The Morgan fingerprint density at radius 3 is 1.67 bits per heavy atom. The first kappa shape index (κ1) is 15.8. The summed E-state index contributed by atoms with van der Waals surface area (Å²) in [5.41, 5.74) is 0.619. The van der Waals surface area contributed by atoms with Gasteiger partial charge in [0.05, 0.1) is 5.56 Å². The Labute approximate surface area is 135 Å². The van der Waals surface area contributed by atoms with Crippen molar-refractivity contribution in [3.05, 3.63) is 89.3 Å². The van der Waals surface area contributed by atoms with Crippen LogP contribution in [0.3, 0.4) is 0 Å². The van der Waals surface area contributed by atoms with Crippen molar-refractivity contribution in [2.24, 2.45) is 0 Å². The van der Waals surface area contributed by atoms with E-state index in [-0.39, 0.29) is 5.56 Å². The molecule has 5 heteroatoms. The molecule has 0 aliphatic heterocycles. The number of aromatic nitrogens is 1. The first-order valence-corrected chi connectivity index (χ1v) is 6.94. The number of hydrogen-bond acceptors (Lipinski definition) is 1. The Morgan fingerprint density at radius 2 is 1.12 bits per heavy atom. The van der Waals surface area contributed by atoms with Gasteiger partial charge in [-0.15, -0.1) is 0 Å². The molecule has 0 spiro atoms. The Kier molecular flexibility index (Phi) is 4.30. The first-order chi connectivity index (χ1) is 11.6. The van der Waals surface area contributed by atoms with Gasteiger partial charge in [0.2, 0.25) is 0 Å². The third-order valence-electron chi connectivity index (χ3n) is 3.30. The van der Waals surface area contributed by atoms with Gasteiger partial charge in [0.25, 0.3) is 11.9 Å². The molecule has 0 N–H and O–H groups in total. The zero-order valence-electron chi connectivity index (χ0n) is 12.2. The minimum atomic E-state index is -1.68. The van der Waals surface area contributed by atoms with Crippen LogP contribution < -0.4 is 0 Å². The van der Waals surface area contributed by atoms with Gasteiger partial charge in [-0.1, -0.05) is 42.2 Å². The second-order valence-electron chi connectivity index (χ2n) is 4.89. The van der Waals surface area contributed by atoms with Gasteiger partial charge in [-0.05, 0) is 29.8 Å². The quantitative estimate of drug-likeness (QED) is 0.358. The minimum Gasteiger partial charge on any atom is -0.201 e. The molecular weight excluding hydrogens is 318 g/mol. The number of hydrogen-bond donors (Lipinski definition) is 0. The standard InChI is InChI=1S/C19H9F4N/c20-16-15(17(21)19(23)24-18(16)22)14-10-8-13(9-11-14)7-6-12-4-2-1-3-5-12/h1-5,8-11H. The second kappa shape index (κ2) is 6.55. The van der Waals surface area contributed by atoms with E-state index in [0.717, 1.165) is 5.56 Å². The molecule has 3 aromatic rings. The smallest absolute Gasteiger partial charge is 0.201 e. The van der Waals surface area contributed by atoms with Crippen LogP contribution in [0.1, 0.15) is 11.1 Å². The number of halogens is 4. The van der Waals surface area contributed by atoms with Crippen LogP contribution in [0.4, 0.5) is 17.6 Å². The van der Waals surface area contributed by atoms with Crippen molar-refractivity contribution in [3.8, 4) is 23.0 Å². The van der Waals surface area contributed by atoms with Gasteiger partial charge in [-0.25, -0.2) is 8.78 Å². The van der Waals surface area contributed by atoms with Gasteiger partial charge in [-0.2, -0.15) is 13.8 Å². The average Bonchev–Trinajstić information content (AvgIpc) is 2.60. The van der Waals surface area contributed by atoms with Crippen molar-refractivity contribution in [3.63, 3.8) is 0 Å². The lowest BCUT2D eigenvalue weighted by Gasteiger charge is -2.06. The van der Waals surface area contributed by atoms with Crippen molar-refractivity contribution in [1.29, 1.82) is 0 Å². The van der Waals surface area contributed by atoms with E-state index < -0.39 is 29.1 Å². The van der Waals surface area contributed by atoms with Gasteiger partial charge in [0.15, 0.2) is 11.6 Å². The van der Waals surface area contributed by atoms with E-state index in [1.165, 1.54) is 24.3 Å². The van der Waals surface area contributed by atoms with Crippen LogP contribution in [0, 0.1) is 35.4 Å². The third-order valence-corrected chi connectivity index (χ3v) is 3.30. The molecule has 0 saturated heterocycles. The van der Waals surface area contributed by atoms with Crippen LogP contribution in [0.5, 0.6) is 0 Å². The minimum absolute atomic E-state index is 0.00420. The lowest BCUT2D eigenvalue weighted by atomic mass is 10.0. The largest absolute Gasteiger partial charge is 0.252 e. The van der Waals surface area contributed by atoms with Crippen LogP contribution in [-0.4, -0.2) is 4.98 Å². The van der Waals surface area contributed by atoms with Gasteiger partial charge in [0, 0.05) is 11.1 Å². The summed E-state index contributed by atoms with van der Waals surface area (Å²) in [6.07, 6.45) is 0. The number of pyridine rings is 1. The van der Waals surface area contributed by atoms with E-state index in [9.17, 15) is 17.6 Å². The Hall–Kier alpha value is -3.13. The van der Waals surface area contributed by atoms with E-state index in [1.54, 1.807) is 0 Å². The fourth-order valence-corrected chi connectivity index (χ4v) is 2.13. The zero-order chi connectivity index (χ0) is 17.1. The van der Waals surface area contributed by atoms with Crippen LogP contribution >= 0.6 is 0 Å². The summed E-state index contributed by atoms with van der Waals surface area (Å²) in [5.74, 6) is -0.601. The molecule has 1 aromatic heterocycles. The summed E-state index contributed by atoms with van der Waals surface area (Å²) in [5, 5.41) is 0. The summed E-state index contributed by atoms with van der Waals surface area (Å²) in [6, 6.07) is 15.0. The van der Waals surface area contributed by atoms with E-state index in [4.69, 9.17) is 0 Å². The lowest BCUT2D eigenvalue weighted by molar-refractivity contribution is 0.410. The summed E-state index contributed by atoms with van der Waals surface area (Å²) in [6.45, 7) is 0. The molecule has 0 fully saturated rings. The average molecular weight is 327 g/mol. The predicted molar refractivity (Wildman–Crippen MR) is 81.9 cm³/mol. The molecule has 3 rings (SSSR count). The predicted octanol–water partition coefficient (Wildman–Crippen LogP) is 4.70. The van der Waals surface area contributed by atoms with E-state index in [2.05, 4.69) is 16.8 Å². The molecule has 118 valence electrons. The fourth-order valence-electron chi connectivity index (χ4n) is 2.13. The SMILES string of the molecule is Fc1nc(F)c(F)c(-c2ccc(C#Cc3ccccc3)cc2)c1F. The van der Waals surface area contributed by atoms with E-state index >= 15 is 0 Å². The van der Waals surface area contributed by atoms with Gasteiger partial charge in [-0.3, -0.25) is 0 Å². The third kappa shape index (κ3) is 3.13. The second-order valence-corrected chi connectivity index (χ2v) is 4.89.